The molecule has 0 saturated carbocycles. The summed E-state index contributed by atoms with van der Waals surface area (Å²) in [7, 11) is 0. The number of para-hydroxylation sites is 2. The maximum atomic E-state index is 9.67. The molecule has 0 unspecified atom stereocenters. The number of anilines is 1. The van der Waals surface area contributed by atoms with Gasteiger partial charge in [-0.1, -0.05) is 18.2 Å². The largest absolute Gasteiger partial charge is 0.508 e. The molecule has 0 aliphatic carbocycles. The number of phenolic OH excluding ortho intramolecular Hbond substituents is 1. The molecular weight excluding hydrogens is 250 g/mol. The predicted octanol–water partition coefficient (Wildman–Crippen LogP) is 3.26. The third-order valence-corrected chi connectivity index (χ3v) is 3.18. The molecule has 0 bridgehead atoms. The summed E-state index contributed by atoms with van der Waals surface area (Å²) in [4.78, 5) is 8.92. The quantitative estimate of drug-likeness (QED) is 0.763. The van der Waals surface area contributed by atoms with Crippen LogP contribution in [0, 0.1) is 6.92 Å². The zero-order valence-corrected chi connectivity index (χ0v) is 11.2. The fourth-order valence-corrected chi connectivity index (χ4v) is 1.99. The van der Waals surface area contributed by atoms with E-state index in [0.717, 1.165) is 28.0 Å². The van der Waals surface area contributed by atoms with Gasteiger partial charge in [0.1, 0.15) is 5.75 Å². The first-order valence-corrected chi connectivity index (χ1v) is 6.46. The second kappa shape index (κ2) is 5.17. The standard InChI is InChI=1S/C16H15N3O/c1-11-6-7-12(8-16(11)20)17-9-13-10-18-14-4-2-3-5-15(14)19-13/h2-8,10,17,20H,9H2,1H3. The van der Waals surface area contributed by atoms with Gasteiger partial charge in [-0.3, -0.25) is 4.98 Å². The van der Waals surface area contributed by atoms with Crippen molar-refractivity contribution in [1.29, 1.82) is 0 Å². The average molecular weight is 265 g/mol. The molecule has 0 radical (unpaired) electrons. The lowest BCUT2D eigenvalue weighted by Gasteiger charge is -2.08. The van der Waals surface area contributed by atoms with E-state index in [4.69, 9.17) is 0 Å². The van der Waals surface area contributed by atoms with Crippen molar-refractivity contribution in [1.82, 2.24) is 9.97 Å². The zero-order chi connectivity index (χ0) is 13.9. The van der Waals surface area contributed by atoms with Crippen LogP contribution in [0.5, 0.6) is 5.75 Å². The summed E-state index contributed by atoms with van der Waals surface area (Å²) in [5.41, 5.74) is 4.37. The highest BCUT2D eigenvalue weighted by molar-refractivity contribution is 5.73. The summed E-state index contributed by atoms with van der Waals surface area (Å²) in [5.74, 6) is 0.291. The Labute approximate surface area is 117 Å². The monoisotopic (exact) mass is 265 g/mol. The number of aromatic nitrogens is 2. The molecule has 0 spiro atoms. The van der Waals surface area contributed by atoms with Crippen molar-refractivity contribution >= 4 is 16.7 Å². The topological polar surface area (TPSA) is 58.0 Å². The minimum absolute atomic E-state index is 0.291. The highest BCUT2D eigenvalue weighted by Gasteiger charge is 2.01. The van der Waals surface area contributed by atoms with E-state index < -0.39 is 0 Å². The molecule has 100 valence electrons. The summed E-state index contributed by atoms with van der Waals surface area (Å²) in [5, 5.41) is 12.9. The van der Waals surface area contributed by atoms with Crippen LogP contribution >= 0.6 is 0 Å². The Balaban J connectivity index is 1.77. The van der Waals surface area contributed by atoms with Gasteiger partial charge in [0, 0.05) is 11.8 Å². The lowest BCUT2D eigenvalue weighted by atomic mass is 10.2. The Morgan fingerprint density at radius 1 is 1.10 bits per heavy atom. The molecule has 4 nitrogen and oxygen atoms in total. The minimum atomic E-state index is 0.291. The number of aryl methyl sites for hydroxylation is 1. The van der Waals surface area contributed by atoms with E-state index in [1.807, 2.05) is 43.3 Å². The number of hydrogen-bond acceptors (Lipinski definition) is 4. The Morgan fingerprint density at radius 2 is 1.90 bits per heavy atom. The van der Waals surface area contributed by atoms with E-state index >= 15 is 0 Å². The van der Waals surface area contributed by atoms with Crippen molar-refractivity contribution in [3.63, 3.8) is 0 Å². The van der Waals surface area contributed by atoms with E-state index in [0.29, 0.717) is 12.3 Å². The van der Waals surface area contributed by atoms with Crippen molar-refractivity contribution in [3.8, 4) is 5.75 Å². The van der Waals surface area contributed by atoms with Crippen LogP contribution in [-0.4, -0.2) is 15.1 Å². The first kappa shape index (κ1) is 12.4. The minimum Gasteiger partial charge on any atom is -0.508 e. The van der Waals surface area contributed by atoms with Crippen LogP contribution in [0.4, 0.5) is 5.69 Å². The fraction of sp³-hybridized carbons (Fsp3) is 0.125. The first-order valence-electron chi connectivity index (χ1n) is 6.46. The van der Waals surface area contributed by atoms with Gasteiger partial charge >= 0.3 is 0 Å². The van der Waals surface area contributed by atoms with Crippen LogP contribution < -0.4 is 5.32 Å². The van der Waals surface area contributed by atoms with Crippen molar-refractivity contribution in [3.05, 3.63) is 59.9 Å². The zero-order valence-electron chi connectivity index (χ0n) is 11.2. The SMILES string of the molecule is Cc1ccc(NCc2cnc3ccccc3n2)cc1O. The molecule has 1 heterocycles. The Bertz CT molecular complexity index is 756. The number of rotatable bonds is 3. The van der Waals surface area contributed by atoms with Crippen LogP contribution in [0.15, 0.2) is 48.7 Å². The van der Waals surface area contributed by atoms with Gasteiger partial charge in [-0.2, -0.15) is 0 Å². The third kappa shape index (κ3) is 2.54. The number of benzene rings is 2. The molecule has 2 N–H and O–H groups in total. The number of aromatic hydroxyl groups is 1. The van der Waals surface area contributed by atoms with Gasteiger partial charge in [-0.15, -0.1) is 0 Å². The lowest BCUT2D eigenvalue weighted by molar-refractivity contribution is 0.471. The predicted molar refractivity (Wildman–Crippen MR) is 79.7 cm³/mol. The van der Waals surface area contributed by atoms with Gasteiger partial charge in [-0.05, 0) is 30.7 Å². The van der Waals surface area contributed by atoms with Gasteiger partial charge in [0.2, 0.25) is 0 Å². The highest BCUT2D eigenvalue weighted by Crippen LogP contribution is 2.21. The second-order valence-corrected chi connectivity index (χ2v) is 4.70. The Hall–Kier alpha value is -2.62. The molecule has 0 atom stereocenters. The van der Waals surface area contributed by atoms with Crippen LogP contribution in [0.3, 0.4) is 0 Å². The second-order valence-electron chi connectivity index (χ2n) is 4.70. The molecule has 4 heteroatoms. The van der Waals surface area contributed by atoms with E-state index in [1.54, 1.807) is 12.3 Å². The van der Waals surface area contributed by atoms with Gasteiger partial charge in [0.25, 0.3) is 0 Å². The van der Waals surface area contributed by atoms with Crippen LogP contribution in [0.1, 0.15) is 11.3 Å². The first-order chi connectivity index (χ1) is 9.72. The van der Waals surface area contributed by atoms with Crippen molar-refractivity contribution in [2.45, 2.75) is 13.5 Å². The molecule has 0 fully saturated rings. The lowest BCUT2D eigenvalue weighted by Crippen LogP contribution is -2.02. The van der Waals surface area contributed by atoms with E-state index in [-0.39, 0.29) is 0 Å². The van der Waals surface area contributed by atoms with Crippen LogP contribution in [0.25, 0.3) is 11.0 Å². The summed E-state index contributed by atoms with van der Waals surface area (Å²) < 4.78 is 0. The molecule has 0 aliphatic rings. The molecule has 0 saturated heterocycles. The third-order valence-electron chi connectivity index (χ3n) is 3.18. The van der Waals surface area contributed by atoms with Gasteiger partial charge in [0.15, 0.2) is 0 Å². The molecule has 3 aromatic rings. The van der Waals surface area contributed by atoms with Gasteiger partial charge < -0.3 is 10.4 Å². The molecular formula is C16H15N3O. The van der Waals surface area contributed by atoms with Crippen molar-refractivity contribution in [2.75, 3.05) is 5.32 Å². The van der Waals surface area contributed by atoms with Gasteiger partial charge in [-0.25, -0.2) is 4.98 Å². The van der Waals surface area contributed by atoms with Crippen molar-refractivity contribution < 1.29 is 5.11 Å². The number of hydrogen-bond donors (Lipinski definition) is 2. The number of nitrogens with one attached hydrogen (secondary N) is 1. The van der Waals surface area contributed by atoms with Gasteiger partial charge in [0.05, 0.1) is 29.5 Å². The summed E-state index contributed by atoms with van der Waals surface area (Å²) in [6.07, 6.45) is 1.77. The maximum absolute atomic E-state index is 9.67. The summed E-state index contributed by atoms with van der Waals surface area (Å²) in [6.45, 7) is 2.44. The molecule has 0 amide bonds. The Morgan fingerprint density at radius 3 is 2.70 bits per heavy atom. The molecule has 1 aromatic heterocycles. The smallest absolute Gasteiger partial charge is 0.120 e. The highest BCUT2D eigenvalue weighted by atomic mass is 16.3. The normalized spacial score (nSPS) is 10.7. The summed E-state index contributed by atoms with van der Waals surface area (Å²) >= 11 is 0. The van der Waals surface area contributed by atoms with Crippen molar-refractivity contribution in [2.24, 2.45) is 0 Å². The molecule has 0 aliphatic heterocycles. The van der Waals surface area contributed by atoms with Crippen LogP contribution in [-0.2, 0) is 6.54 Å². The average Bonchev–Trinajstić information content (AvgIpc) is 2.48. The summed E-state index contributed by atoms with van der Waals surface area (Å²) in [6, 6.07) is 13.3. The molecule has 20 heavy (non-hydrogen) atoms. The Kier molecular flexibility index (Phi) is 3.21. The van der Waals surface area contributed by atoms with E-state index in [2.05, 4.69) is 15.3 Å². The fourth-order valence-electron chi connectivity index (χ4n) is 1.99. The van der Waals surface area contributed by atoms with E-state index in [1.165, 1.54) is 0 Å². The molecule has 3 rings (SSSR count). The maximum Gasteiger partial charge on any atom is 0.120 e. The van der Waals surface area contributed by atoms with Crippen LogP contribution in [0.2, 0.25) is 0 Å². The van der Waals surface area contributed by atoms with E-state index in [9.17, 15) is 5.11 Å². The molecule has 2 aromatic carbocycles. The number of nitrogens with zero attached hydrogens (tertiary/aromatic N) is 2. The number of phenols is 1. The number of fused-ring (bicyclic) bond motifs is 1.